The normalized spacial score (nSPS) is 16.6. The molecule has 2 heterocycles. The number of carbonyl (C=O) groups excluding carboxylic acids is 2. The third kappa shape index (κ3) is 3.70. The molecule has 0 saturated carbocycles. The number of rotatable bonds is 4. The summed E-state index contributed by atoms with van der Waals surface area (Å²) in [6, 6.07) is 9.40. The van der Waals surface area contributed by atoms with Crippen LogP contribution in [0.5, 0.6) is 0 Å². The fourth-order valence-corrected chi connectivity index (χ4v) is 4.21. The average molecular weight is 407 g/mol. The van der Waals surface area contributed by atoms with Crippen LogP contribution in [0, 0.1) is 0 Å². The number of amides is 2. The van der Waals surface area contributed by atoms with Crippen molar-refractivity contribution in [1.82, 2.24) is 10.2 Å². The quantitative estimate of drug-likeness (QED) is 0.839. The summed E-state index contributed by atoms with van der Waals surface area (Å²) < 4.78 is 0.932. The van der Waals surface area contributed by atoms with E-state index in [1.807, 2.05) is 17.0 Å². The Bertz CT molecular complexity index is 742. The van der Waals surface area contributed by atoms with Crippen LogP contribution in [0.3, 0.4) is 0 Å². The van der Waals surface area contributed by atoms with E-state index in [4.69, 9.17) is 0 Å². The predicted molar refractivity (Wildman–Crippen MR) is 99.2 cm³/mol. The van der Waals surface area contributed by atoms with Crippen LogP contribution < -0.4 is 5.32 Å². The van der Waals surface area contributed by atoms with Gasteiger partial charge < -0.3 is 10.2 Å². The van der Waals surface area contributed by atoms with Gasteiger partial charge in [0.1, 0.15) is 0 Å². The highest BCUT2D eigenvalue weighted by atomic mass is 79.9. The highest BCUT2D eigenvalue weighted by Gasteiger charge is 2.27. The molecular formula is C18H19BrN2O2S. The molecule has 0 unspecified atom stereocenters. The van der Waals surface area contributed by atoms with Gasteiger partial charge in [0.25, 0.3) is 5.91 Å². The Balaban J connectivity index is 1.51. The molecule has 1 aromatic heterocycles. The predicted octanol–water partition coefficient (Wildman–Crippen LogP) is 3.78. The molecule has 0 fully saturated rings. The molecule has 126 valence electrons. The monoisotopic (exact) mass is 406 g/mol. The lowest BCUT2D eigenvalue weighted by atomic mass is 10.0. The minimum Gasteiger partial charge on any atom is -0.352 e. The van der Waals surface area contributed by atoms with Crippen LogP contribution in [-0.2, 0) is 11.2 Å². The lowest BCUT2D eigenvalue weighted by Crippen LogP contribution is -2.39. The van der Waals surface area contributed by atoms with Crippen molar-refractivity contribution >= 4 is 39.1 Å². The number of hydrogen-bond donors (Lipinski definition) is 1. The SMILES string of the molecule is C[C@@H]1c2ccsc2CCN1C(=O)CCNC(=O)c1ccc(Br)cc1. The van der Waals surface area contributed by atoms with Gasteiger partial charge in [0.2, 0.25) is 5.91 Å². The third-order valence-electron chi connectivity index (χ3n) is 4.33. The molecular weight excluding hydrogens is 388 g/mol. The zero-order valence-electron chi connectivity index (χ0n) is 13.4. The van der Waals surface area contributed by atoms with E-state index in [1.54, 1.807) is 23.5 Å². The summed E-state index contributed by atoms with van der Waals surface area (Å²) in [6.07, 6.45) is 1.25. The Labute approximate surface area is 154 Å². The van der Waals surface area contributed by atoms with Crippen molar-refractivity contribution in [3.63, 3.8) is 0 Å². The van der Waals surface area contributed by atoms with Gasteiger partial charge in [-0.15, -0.1) is 11.3 Å². The smallest absolute Gasteiger partial charge is 0.251 e. The molecule has 0 saturated heterocycles. The lowest BCUT2D eigenvalue weighted by molar-refractivity contribution is -0.133. The first-order valence-electron chi connectivity index (χ1n) is 7.96. The van der Waals surface area contributed by atoms with Gasteiger partial charge in [-0.2, -0.15) is 0 Å². The second-order valence-corrected chi connectivity index (χ2v) is 7.74. The molecule has 2 amide bonds. The Morgan fingerprint density at radius 3 is 2.79 bits per heavy atom. The minimum absolute atomic E-state index is 0.0930. The molecule has 0 bridgehead atoms. The summed E-state index contributed by atoms with van der Waals surface area (Å²) >= 11 is 5.11. The minimum atomic E-state index is -0.151. The van der Waals surface area contributed by atoms with Gasteiger partial charge in [0, 0.05) is 34.4 Å². The van der Waals surface area contributed by atoms with Crippen molar-refractivity contribution in [2.45, 2.75) is 25.8 Å². The van der Waals surface area contributed by atoms with Gasteiger partial charge in [-0.25, -0.2) is 0 Å². The second-order valence-electron chi connectivity index (χ2n) is 5.83. The van der Waals surface area contributed by atoms with Crippen LogP contribution in [0.15, 0.2) is 40.2 Å². The Morgan fingerprint density at radius 1 is 1.29 bits per heavy atom. The number of nitrogens with one attached hydrogen (secondary N) is 1. The number of thiophene rings is 1. The summed E-state index contributed by atoms with van der Waals surface area (Å²) in [5.74, 6) is -0.0578. The van der Waals surface area contributed by atoms with Crippen LogP contribution in [0.4, 0.5) is 0 Å². The van der Waals surface area contributed by atoms with Crippen LogP contribution >= 0.6 is 27.3 Å². The second kappa shape index (κ2) is 7.49. The number of nitrogens with zero attached hydrogens (tertiary/aromatic N) is 1. The first-order valence-corrected chi connectivity index (χ1v) is 9.63. The molecule has 4 nitrogen and oxygen atoms in total. The van der Waals surface area contributed by atoms with E-state index >= 15 is 0 Å². The molecule has 24 heavy (non-hydrogen) atoms. The Hall–Kier alpha value is -1.66. The molecule has 1 aliphatic rings. The number of hydrogen-bond acceptors (Lipinski definition) is 3. The van der Waals surface area contributed by atoms with Crippen LogP contribution in [-0.4, -0.2) is 29.8 Å². The van der Waals surface area contributed by atoms with Gasteiger partial charge in [-0.1, -0.05) is 15.9 Å². The van der Waals surface area contributed by atoms with E-state index in [9.17, 15) is 9.59 Å². The highest BCUT2D eigenvalue weighted by Crippen LogP contribution is 2.32. The first-order chi connectivity index (χ1) is 11.6. The fraction of sp³-hybridized carbons (Fsp3) is 0.333. The number of fused-ring (bicyclic) bond motifs is 1. The summed E-state index contributed by atoms with van der Waals surface area (Å²) in [4.78, 5) is 27.8. The first kappa shape index (κ1) is 17.2. The van der Waals surface area contributed by atoms with E-state index in [0.29, 0.717) is 18.5 Å². The summed E-state index contributed by atoms with van der Waals surface area (Å²) in [5, 5.41) is 4.91. The number of benzene rings is 1. The van der Waals surface area contributed by atoms with Crippen molar-refractivity contribution < 1.29 is 9.59 Å². The maximum atomic E-state index is 12.5. The molecule has 0 radical (unpaired) electrons. The van der Waals surface area contributed by atoms with E-state index in [1.165, 1.54) is 10.4 Å². The number of halogens is 1. The van der Waals surface area contributed by atoms with Gasteiger partial charge in [0.15, 0.2) is 0 Å². The van der Waals surface area contributed by atoms with Crippen LogP contribution in [0.25, 0.3) is 0 Å². The maximum absolute atomic E-state index is 12.5. The summed E-state index contributed by atoms with van der Waals surface area (Å²) in [5.41, 5.74) is 1.86. The van der Waals surface area contributed by atoms with Gasteiger partial charge in [0.05, 0.1) is 6.04 Å². The standard InChI is InChI=1S/C18H19BrN2O2S/c1-12-15-8-11-24-16(15)7-10-21(12)17(22)6-9-20-18(23)13-2-4-14(19)5-3-13/h2-5,8,11-12H,6-7,9-10H2,1H3,(H,20,23)/t12-/m1/s1. The Kier molecular flexibility index (Phi) is 5.36. The molecule has 2 aromatic rings. The van der Waals surface area contributed by atoms with Gasteiger partial charge in [-0.05, 0) is 54.6 Å². The zero-order chi connectivity index (χ0) is 17.1. The molecule has 3 rings (SSSR count). The molecule has 0 aliphatic carbocycles. The van der Waals surface area contributed by atoms with Crippen molar-refractivity contribution in [2.75, 3.05) is 13.1 Å². The molecule has 6 heteroatoms. The average Bonchev–Trinajstić information content (AvgIpc) is 3.05. The van der Waals surface area contributed by atoms with Gasteiger partial charge in [-0.3, -0.25) is 9.59 Å². The van der Waals surface area contributed by atoms with E-state index in [2.05, 4.69) is 39.6 Å². The third-order valence-corrected chi connectivity index (χ3v) is 5.85. The summed E-state index contributed by atoms with van der Waals surface area (Å²) in [6.45, 7) is 3.19. The molecule has 1 aliphatic heterocycles. The lowest BCUT2D eigenvalue weighted by Gasteiger charge is -2.33. The van der Waals surface area contributed by atoms with Crippen LogP contribution in [0.1, 0.15) is 40.2 Å². The highest BCUT2D eigenvalue weighted by molar-refractivity contribution is 9.10. The molecule has 1 N–H and O–H groups in total. The largest absolute Gasteiger partial charge is 0.352 e. The van der Waals surface area contributed by atoms with Crippen LogP contribution in [0.2, 0.25) is 0 Å². The van der Waals surface area contributed by atoms with E-state index < -0.39 is 0 Å². The molecule has 1 aromatic carbocycles. The van der Waals surface area contributed by atoms with Gasteiger partial charge >= 0.3 is 0 Å². The number of carbonyl (C=O) groups is 2. The van der Waals surface area contributed by atoms with Crippen molar-refractivity contribution in [3.8, 4) is 0 Å². The topological polar surface area (TPSA) is 49.4 Å². The molecule has 1 atom stereocenters. The fourth-order valence-electron chi connectivity index (χ4n) is 2.98. The van der Waals surface area contributed by atoms with Crippen molar-refractivity contribution in [3.05, 3.63) is 56.2 Å². The molecule has 0 spiro atoms. The van der Waals surface area contributed by atoms with Crippen molar-refractivity contribution in [1.29, 1.82) is 0 Å². The van der Waals surface area contributed by atoms with E-state index in [-0.39, 0.29) is 17.9 Å². The zero-order valence-corrected chi connectivity index (χ0v) is 15.8. The maximum Gasteiger partial charge on any atom is 0.251 e. The van der Waals surface area contributed by atoms with E-state index in [0.717, 1.165) is 17.4 Å². The summed E-state index contributed by atoms with van der Waals surface area (Å²) in [7, 11) is 0. The van der Waals surface area contributed by atoms with Crippen molar-refractivity contribution in [2.24, 2.45) is 0 Å². The Morgan fingerprint density at radius 2 is 2.04 bits per heavy atom.